The second-order valence-electron chi connectivity index (χ2n) is 12.9. The number of Topliss-reactive ketones (excluding diaryl/α,β-unsaturated/α-hetero) is 1. The monoisotopic (exact) mass is 528 g/mol. The van der Waals surface area contributed by atoms with Crippen LogP contribution in [0.5, 0.6) is 0 Å². The van der Waals surface area contributed by atoms with Gasteiger partial charge in [0.15, 0.2) is 25.8 Å². The number of benzene rings is 1. The Kier molecular flexibility index (Phi) is 5.22. The van der Waals surface area contributed by atoms with Gasteiger partial charge < -0.3 is 28.5 Å². The summed E-state index contributed by atoms with van der Waals surface area (Å²) in [6, 6.07) is 9.50. The fraction of sp³-hybridized carbons (Fsp3) is 0.643. The number of hydrogen-bond donors (Lipinski definition) is 1. The van der Waals surface area contributed by atoms with Crippen molar-refractivity contribution in [3.8, 4) is 0 Å². The molecule has 5 aliphatic rings. The molecule has 0 radical (unpaired) electrons. The SMILES string of the molecule is CC1=C[C@H]2OC(=O)[C@@]3([C@H](O)C(=O)[C@@H]4[C@H]5O[C@H](c6ccccc6)OC[C@]4(C)O[C@@]153)[C@H]2O[Si](C)(C)C(C)(C)C. The number of fused-ring (bicyclic) bond motifs is 1. The van der Waals surface area contributed by atoms with E-state index >= 15 is 0 Å². The number of carbonyl (C=O) groups excluding carboxylic acids is 2. The molecule has 3 aliphatic heterocycles. The predicted molar refractivity (Wildman–Crippen MR) is 135 cm³/mol. The lowest BCUT2D eigenvalue weighted by molar-refractivity contribution is -0.282. The van der Waals surface area contributed by atoms with E-state index in [0.29, 0.717) is 5.57 Å². The first-order valence-electron chi connectivity index (χ1n) is 13.0. The van der Waals surface area contributed by atoms with Gasteiger partial charge in [0.25, 0.3) is 0 Å². The molecule has 2 aliphatic carbocycles. The fourth-order valence-electron chi connectivity index (χ4n) is 6.97. The van der Waals surface area contributed by atoms with Crippen molar-refractivity contribution < 1.29 is 38.1 Å². The first-order valence-corrected chi connectivity index (χ1v) is 15.9. The number of aliphatic hydroxyl groups excluding tert-OH is 1. The Hall–Kier alpha value is -1.88. The highest BCUT2D eigenvalue weighted by molar-refractivity contribution is 6.74. The second-order valence-corrected chi connectivity index (χ2v) is 17.7. The normalized spacial score (nSPS) is 44.7. The summed E-state index contributed by atoms with van der Waals surface area (Å²) in [4.78, 5) is 28.0. The molecule has 8 nitrogen and oxygen atoms in total. The van der Waals surface area contributed by atoms with Crippen LogP contribution in [0.4, 0.5) is 0 Å². The van der Waals surface area contributed by atoms with Crippen LogP contribution in [0.25, 0.3) is 0 Å². The standard InChI is InChI=1S/C28H36O8Si/c1-15-13-17-21(35-37(6,7)25(2,3)4)27(24(31)33-17)20(30)19(29)18-22-28(15,27)36-26(18,5)14-32-23(34-22)16-11-9-8-10-12-16/h8-13,17-18,20-23,30H,14H2,1-7H3/t17-,18-,20-,21+,22-,23-,26+,27-,28+/m1/s1. The lowest BCUT2D eigenvalue weighted by Crippen LogP contribution is -2.76. The van der Waals surface area contributed by atoms with Gasteiger partial charge in [0.1, 0.15) is 35.6 Å². The summed E-state index contributed by atoms with van der Waals surface area (Å²) >= 11 is 0. The summed E-state index contributed by atoms with van der Waals surface area (Å²) in [6.45, 7) is 14.2. The van der Waals surface area contributed by atoms with Gasteiger partial charge in [0.05, 0.1) is 12.5 Å². The van der Waals surface area contributed by atoms with E-state index in [-0.39, 0.29) is 11.6 Å². The molecule has 1 saturated carbocycles. The molecule has 37 heavy (non-hydrogen) atoms. The van der Waals surface area contributed by atoms with Crippen molar-refractivity contribution in [2.75, 3.05) is 6.61 Å². The molecule has 1 aromatic rings. The first kappa shape index (κ1) is 25.4. The zero-order valence-electron chi connectivity index (χ0n) is 22.4. The third-order valence-electron chi connectivity index (χ3n) is 9.80. The maximum absolute atomic E-state index is 14.1. The lowest BCUT2D eigenvalue weighted by Gasteiger charge is -2.57. The van der Waals surface area contributed by atoms with Crippen molar-refractivity contribution in [2.45, 2.75) is 94.7 Å². The second kappa shape index (κ2) is 7.61. The Labute approximate surface area is 218 Å². The van der Waals surface area contributed by atoms with Gasteiger partial charge in [0.2, 0.25) is 0 Å². The van der Waals surface area contributed by atoms with E-state index < -0.39 is 73.3 Å². The van der Waals surface area contributed by atoms with E-state index in [0.717, 1.165) is 5.56 Å². The Morgan fingerprint density at radius 1 is 1.14 bits per heavy atom. The number of aliphatic hydroxyl groups is 1. The van der Waals surface area contributed by atoms with E-state index in [9.17, 15) is 14.7 Å². The molecule has 6 rings (SSSR count). The van der Waals surface area contributed by atoms with Crippen molar-refractivity contribution in [2.24, 2.45) is 11.3 Å². The molecule has 0 unspecified atom stereocenters. The van der Waals surface area contributed by atoms with Crippen LogP contribution in [0.2, 0.25) is 18.1 Å². The van der Waals surface area contributed by atoms with Gasteiger partial charge in [-0.3, -0.25) is 9.59 Å². The Morgan fingerprint density at radius 2 is 1.81 bits per heavy atom. The van der Waals surface area contributed by atoms with Crippen LogP contribution >= 0.6 is 0 Å². The molecule has 1 N–H and O–H groups in total. The average Bonchev–Trinajstić information content (AvgIpc) is 3.07. The molecule has 2 spiro atoms. The van der Waals surface area contributed by atoms with E-state index in [4.69, 9.17) is 23.4 Å². The lowest BCUT2D eigenvalue weighted by atomic mass is 9.51. The molecule has 3 heterocycles. The van der Waals surface area contributed by atoms with Crippen LogP contribution in [0.3, 0.4) is 0 Å². The van der Waals surface area contributed by atoms with E-state index in [1.54, 1.807) is 0 Å². The summed E-state index contributed by atoms with van der Waals surface area (Å²) in [5.41, 5.74) is -2.86. The molecule has 6 bridgehead atoms. The van der Waals surface area contributed by atoms with Gasteiger partial charge in [-0.05, 0) is 43.6 Å². The average molecular weight is 529 g/mol. The Morgan fingerprint density at radius 3 is 2.46 bits per heavy atom. The summed E-state index contributed by atoms with van der Waals surface area (Å²) in [7, 11) is -2.49. The number of carbonyl (C=O) groups is 2. The quantitative estimate of drug-likeness (QED) is 0.362. The van der Waals surface area contributed by atoms with Crippen molar-refractivity contribution in [1.82, 2.24) is 0 Å². The van der Waals surface area contributed by atoms with Crippen LogP contribution in [-0.2, 0) is 33.0 Å². The highest BCUT2D eigenvalue weighted by atomic mass is 28.4. The van der Waals surface area contributed by atoms with Crippen LogP contribution in [0, 0.1) is 11.3 Å². The maximum Gasteiger partial charge on any atom is 0.322 e. The minimum Gasteiger partial charge on any atom is -0.455 e. The molecular weight excluding hydrogens is 492 g/mol. The summed E-state index contributed by atoms with van der Waals surface area (Å²) in [5.74, 6) is -2.00. The zero-order valence-corrected chi connectivity index (χ0v) is 23.4. The van der Waals surface area contributed by atoms with Gasteiger partial charge in [-0.25, -0.2) is 0 Å². The van der Waals surface area contributed by atoms with Gasteiger partial charge in [-0.2, -0.15) is 0 Å². The zero-order chi connectivity index (χ0) is 26.8. The number of esters is 1. The minimum absolute atomic E-state index is 0.0591. The van der Waals surface area contributed by atoms with Crippen molar-refractivity contribution in [3.63, 3.8) is 0 Å². The molecule has 200 valence electrons. The van der Waals surface area contributed by atoms with Crippen LogP contribution in [-0.4, -0.2) is 67.4 Å². The van der Waals surface area contributed by atoms with Crippen molar-refractivity contribution in [1.29, 1.82) is 0 Å². The molecule has 1 aromatic carbocycles. The summed E-state index contributed by atoms with van der Waals surface area (Å²) in [5, 5.41) is 11.6. The number of rotatable bonds is 3. The molecule has 3 saturated heterocycles. The number of ketones is 1. The molecule has 0 amide bonds. The van der Waals surface area contributed by atoms with E-state index in [1.165, 1.54) is 0 Å². The third kappa shape index (κ3) is 2.96. The summed E-state index contributed by atoms with van der Waals surface area (Å²) < 4.78 is 32.4. The van der Waals surface area contributed by atoms with Crippen LogP contribution < -0.4 is 0 Å². The third-order valence-corrected chi connectivity index (χ3v) is 14.3. The van der Waals surface area contributed by atoms with Crippen LogP contribution in [0.15, 0.2) is 42.0 Å². The van der Waals surface area contributed by atoms with E-state index in [2.05, 4.69) is 33.9 Å². The number of hydrogen-bond acceptors (Lipinski definition) is 8. The first-order chi connectivity index (χ1) is 17.2. The smallest absolute Gasteiger partial charge is 0.322 e. The molecule has 9 atom stereocenters. The van der Waals surface area contributed by atoms with Crippen molar-refractivity contribution >= 4 is 20.1 Å². The van der Waals surface area contributed by atoms with Crippen molar-refractivity contribution in [3.05, 3.63) is 47.5 Å². The molecular formula is C28H36O8Si. The molecule has 9 heteroatoms. The fourth-order valence-corrected chi connectivity index (χ4v) is 8.28. The van der Waals surface area contributed by atoms with E-state index in [1.807, 2.05) is 50.3 Å². The highest BCUT2D eigenvalue weighted by Crippen LogP contribution is 2.69. The summed E-state index contributed by atoms with van der Waals surface area (Å²) in [6.07, 6.45) is -3.07. The maximum atomic E-state index is 14.1. The van der Waals surface area contributed by atoms with Gasteiger partial charge in [-0.15, -0.1) is 0 Å². The van der Waals surface area contributed by atoms with Gasteiger partial charge in [0, 0.05) is 5.56 Å². The molecule has 4 fully saturated rings. The van der Waals surface area contributed by atoms with Crippen LogP contribution in [0.1, 0.15) is 46.5 Å². The predicted octanol–water partition coefficient (Wildman–Crippen LogP) is 3.45. The minimum atomic E-state index is -2.49. The Bertz CT molecular complexity index is 1190. The number of ether oxygens (including phenoxy) is 4. The Balaban J connectivity index is 1.56. The highest BCUT2D eigenvalue weighted by Gasteiger charge is 2.88. The topological polar surface area (TPSA) is 101 Å². The largest absolute Gasteiger partial charge is 0.455 e. The van der Waals surface area contributed by atoms with Gasteiger partial charge in [-0.1, -0.05) is 51.1 Å². The molecule has 0 aromatic heterocycles. The van der Waals surface area contributed by atoms with Gasteiger partial charge >= 0.3 is 5.97 Å².